The van der Waals surface area contributed by atoms with Crippen LogP contribution < -0.4 is 5.56 Å². The van der Waals surface area contributed by atoms with Crippen LogP contribution in [-0.4, -0.2) is 40.2 Å². The van der Waals surface area contributed by atoms with E-state index in [1.54, 1.807) is 11.3 Å². The number of ether oxygens (including phenoxy) is 1. The average molecular weight is 416 g/mol. The first kappa shape index (κ1) is 19.7. The Hall–Kier alpha value is -1.24. The minimum absolute atomic E-state index is 0.0669. The summed E-state index contributed by atoms with van der Waals surface area (Å²) in [5.74, 6) is 0.837. The van der Waals surface area contributed by atoms with Crippen molar-refractivity contribution in [3.63, 3.8) is 0 Å². The van der Waals surface area contributed by atoms with Gasteiger partial charge in [-0.3, -0.25) is 9.69 Å². The van der Waals surface area contributed by atoms with Gasteiger partial charge in [-0.25, -0.2) is 4.98 Å². The highest BCUT2D eigenvalue weighted by molar-refractivity contribution is 7.18. The zero-order valence-corrected chi connectivity index (χ0v) is 18.6. The summed E-state index contributed by atoms with van der Waals surface area (Å²) in [4.78, 5) is 25.8. The standard InChI is InChI=1S/C23H33N3O2S/c1-3-12-26(17-13-18(28-4-2)23(17)10-5-6-11-23)14-19-24-21(27)20-15-8-7-9-16(15)29-22(20)25-19/h17-18H,3-14H2,1-2H3,(H,24,25,27). The predicted octanol–water partition coefficient (Wildman–Crippen LogP) is 4.42. The van der Waals surface area contributed by atoms with Crippen LogP contribution in [0.1, 0.15) is 75.1 Å². The SMILES string of the molecule is CCCN(Cc1nc2sc3c(c2c(=O)[nH]1)CCC3)C1CC(OCC)C12CCCC2. The lowest BCUT2D eigenvalue weighted by Gasteiger charge is -2.58. The van der Waals surface area contributed by atoms with Gasteiger partial charge >= 0.3 is 0 Å². The number of aromatic nitrogens is 2. The van der Waals surface area contributed by atoms with Crippen molar-refractivity contribution in [2.45, 2.75) is 90.3 Å². The van der Waals surface area contributed by atoms with Crippen LogP contribution in [0.5, 0.6) is 0 Å². The van der Waals surface area contributed by atoms with Gasteiger partial charge in [-0.15, -0.1) is 11.3 Å². The zero-order valence-electron chi connectivity index (χ0n) is 17.8. The lowest BCUT2D eigenvalue weighted by Crippen LogP contribution is -2.63. The van der Waals surface area contributed by atoms with Crippen LogP contribution in [0, 0.1) is 5.41 Å². The summed E-state index contributed by atoms with van der Waals surface area (Å²) in [6.07, 6.45) is 11.2. The molecule has 29 heavy (non-hydrogen) atoms. The number of nitrogens with one attached hydrogen (secondary N) is 1. The normalized spacial score (nSPS) is 25.2. The predicted molar refractivity (Wildman–Crippen MR) is 118 cm³/mol. The molecule has 1 spiro atoms. The summed E-state index contributed by atoms with van der Waals surface area (Å²) in [7, 11) is 0. The van der Waals surface area contributed by atoms with Crippen LogP contribution in [0.25, 0.3) is 10.2 Å². The number of fused-ring (bicyclic) bond motifs is 3. The molecule has 3 aliphatic rings. The maximum Gasteiger partial charge on any atom is 0.259 e. The molecule has 0 aromatic carbocycles. The van der Waals surface area contributed by atoms with E-state index in [2.05, 4.69) is 23.7 Å². The van der Waals surface area contributed by atoms with E-state index in [0.29, 0.717) is 17.6 Å². The minimum atomic E-state index is 0.0669. The highest BCUT2D eigenvalue weighted by Gasteiger charge is 2.58. The molecule has 0 amide bonds. The molecule has 2 saturated carbocycles. The second-order valence-electron chi connectivity index (χ2n) is 9.16. The number of hydrogen-bond donors (Lipinski definition) is 1. The van der Waals surface area contributed by atoms with Crippen molar-refractivity contribution in [1.82, 2.24) is 14.9 Å². The molecule has 1 N–H and O–H groups in total. The molecule has 0 radical (unpaired) electrons. The fourth-order valence-corrected chi connectivity index (χ4v) is 7.59. The van der Waals surface area contributed by atoms with E-state index in [0.717, 1.165) is 61.4 Å². The third-order valence-corrected chi connectivity index (χ3v) is 8.76. The van der Waals surface area contributed by atoms with E-state index in [-0.39, 0.29) is 5.56 Å². The van der Waals surface area contributed by atoms with Crippen LogP contribution in [0.2, 0.25) is 0 Å². The summed E-state index contributed by atoms with van der Waals surface area (Å²) in [5.41, 5.74) is 1.65. The lowest BCUT2D eigenvalue weighted by atomic mass is 9.60. The molecular weight excluding hydrogens is 382 g/mol. The van der Waals surface area contributed by atoms with Crippen LogP contribution in [0.15, 0.2) is 4.79 Å². The molecule has 5 rings (SSSR count). The second-order valence-corrected chi connectivity index (χ2v) is 10.2. The Morgan fingerprint density at radius 3 is 2.83 bits per heavy atom. The molecule has 0 saturated heterocycles. The number of hydrogen-bond acceptors (Lipinski definition) is 5. The van der Waals surface area contributed by atoms with Crippen molar-refractivity contribution >= 4 is 21.6 Å². The molecule has 5 nitrogen and oxygen atoms in total. The highest BCUT2D eigenvalue weighted by atomic mass is 32.1. The molecule has 6 heteroatoms. The van der Waals surface area contributed by atoms with E-state index >= 15 is 0 Å². The Morgan fingerprint density at radius 1 is 1.24 bits per heavy atom. The first-order chi connectivity index (χ1) is 14.2. The second kappa shape index (κ2) is 7.78. The van der Waals surface area contributed by atoms with Gasteiger partial charge in [0.25, 0.3) is 5.56 Å². The topological polar surface area (TPSA) is 58.2 Å². The molecule has 0 aliphatic heterocycles. The first-order valence-corrected chi connectivity index (χ1v) is 12.4. The Bertz CT molecular complexity index is 943. The molecule has 2 unspecified atom stereocenters. The van der Waals surface area contributed by atoms with Gasteiger partial charge in [0, 0.05) is 22.9 Å². The molecule has 2 heterocycles. The van der Waals surface area contributed by atoms with Gasteiger partial charge in [0.1, 0.15) is 10.7 Å². The van der Waals surface area contributed by atoms with E-state index in [1.165, 1.54) is 42.5 Å². The zero-order chi connectivity index (χ0) is 20.0. The van der Waals surface area contributed by atoms with Crippen LogP contribution in [-0.2, 0) is 24.1 Å². The molecule has 3 aliphatic carbocycles. The van der Waals surface area contributed by atoms with E-state index in [9.17, 15) is 4.79 Å². The van der Waals surface area contributed by atoms with Crippen molar-refractivity contribution in [1.29, 1.82) is 0 Å². The molecule has 0 bridgehead atoms. The van der Waals surface area contributed by atoms with Gasteiger partial charge in [-0.1, -0.05) is 19.8 Å². The highest BCUT2D eigenvalue weighted by Crippen LogP contribution is 2.56. The van der Waals surface area contributed by atoms with E-state index in [1.807, 2.05) is 0 Å². The number of aromatic amines is 1. The molecule has 2 aromatic heterocycles. The summed E-state index contributed by atoms with van der Waals surface area (Å²) in [6, 6.07) is 0.552. The third-order valence-electron chi connectivity index (χ3n) is 7.57. The number of H-pyrrole nitrogens is 1. The Balaban J connectivity index is 1.42. The van der Waals surface area contributed by atoms with Gasteiger partial charge in [-0.05, 0) is 64.0 Å². The van der Waals surface area contributed by atoms with Gasteiger partial charge in [0.2, 0.25) is 0 Å². The fourth-order valence-electron chi connectivity index (χ4n) is 6.31. The lowest BCUT2D eigenvalue weighted by molar-refractivity contribution is -0.167. The fraction of sp³-hybridized carbons (Fsp3) is 0.739. The molecule has 158 valence electrons. The van der Waals surface area contributed by atoms with E-state index < -0.39 is 0 Å². The third kappa shape index (κ3) is 3.19. The van der Waals surface area contributed by atoms with E-state index in [4.69, 9.17) is 9.72 Å². The van der Waals surface area contributed by atoms with Gasteiger partial charge in [0.05, 0.1) is 18.0 Å². The number of rotatable bonds is 7. The molecule has 2 fully saturated rings. The summed E-state index contributed by atoms with van der Waals surface area (Å²) in [6.45, 7) is 6.96. The average Bonchev–Trinajstić information content (AvgIpc) is 3.40. The van der Waals surface area contributed by atoms with Crippen LogP contribution in [0.4, 0.5) is 0 Å². The molecule has 2 aromatic rings. The van der Waals surface area contributed by atoms with Crippen LogP contribution in [0.3, 0.4) is 0 Å². The van der Waals surface area contributed by atoms with Gasteiger partial charge < -0.3 is 9.72 Å². The number of aryl methyl sites for hydroxylation is 2. The Kier molecular flexibility index (Phi) is 5.29. The quantitative estimate of drug-likeness (QED) is 0.727. The Labute approximate surface area is 176 Å². The molecular formula is C23H33N3O2S. The van der Waals surface area contributed by atoms with Gasteiger partial charge in [-0.2, -0.15) is 0 Å². The molecule has 2 atom stereocenters. The van der Waals surface area contributed by atoms with Crippen molar-refractivity contribution < 1.29 is 4.74 Å². The number of thiophene rings is 1. The van der Waals surface area contributed by atoms with Crippen molar-refractivity contribution in [3.05, 3.63) is 26.6 Å². The first-order valence-electron chi connectivity index (χ1n) is 11.6. The van der Waals surface area contributed by atoms with Crippen LogP contribution >= 0.6 is 11.3 Å². The summed E-state index contributed by atoms with van der Waals surface area (Å²) >= 11 is 1.74. The minimum Gasteiger partial charge on any atom is -0.378 e. The smallest absolute Gasteiger partial charge is 0.259 e. The maximum absolute atomic E-state index is 12.9. The maximum atomic E-state index is 12.9. The monoisotopic (exact) mass is 415 g/mol. The van der Waals surface area contributed by atoms with Crippen molar-refractivity contribution in [2.75, 3.05) is 13.2 Å². The largest absolute Gasteiger partial charge is 0.378 e. The van der Waals surface area contributed by atoms with Crippen molar-refractivity contribution in [2.24, 2.45) is 5.41 Å². The summed E-state index contributed by atoms with van der Waals surface area (Å²) in [5, 5.41) is 0.862. The summed E-state index contributed by atoms with van der Waals surface area (Å²) < 4.78 is 6.14. The van der Waals surface area contributed by atoms with Crippen molar-refractivity contribution in [3.8, 4) is 0 Å². The number of nitrogens with zero attached hydrogens (tertiary/aromatic N) is 2. The Morgan fingerprint density at radius 2 is 2.07 bits per heavy atom. The van der Waals surface area contributed by atoms with Gasteiger partial charge in [0.15, 0.2) is 0 Å².